The minimum Gasteiger partial charge on any atom is -0.465 e. The minimum absolute atomic E-state index is 0. The van der Waals surface area contributed by atoms with Crippen molar-refractivity contribution < 1.29 is 19.1 Å². The SMILES string of the molecule is COC(=O)c1ccc(C)c(Cl)c1.COC(=O)c1ccc(CCN)c(Cl)c1.Cl. The van der Waals surface area contributed by atoms with Gasteiger partial charge in [0, 0.05) is 10.0 Å². The molecule has 148 valence electrons. The van der Waals surface area contributed by atoms with Gasteiger partial charge in [0.1, 0.15) is 0 Å². The van der Waals surface area contributed by atoms with Crippen LogP contribution in [0.15, 0.2) is 36.4 Å². The van der Waals surface area contributed by atoms with Crippen LogP contribution in [0.1, 0.15) is 31.8 Å². The van der Waals surface area contributed by atoms with Gasteiger partial charge in [0.25, 0.3) is 0 Å². The summed E-state index contributed by atoms with van der Waals surface area (Å²) in [5, 5.41) is 1.14. The van der Waals surface area contributed by atoms with Crippen LogP contribution in [0.3, 0.4) is 0 Å². The van der Waals surface area contributed by atoms with Gasteiger partial charge in [0.2, 0.25) is 0 Å². The van der Waals surface area contributed by atoms with E-state index in [9.17, 15) is 9.59 Å². The van der Waals surface area contributed by atoms with Gasteiger partial charge in [-0.2, -0.15) is 0 Å². The standard InChI is InChI=1S/C10H12ClNO2.C9H9ClO2.ClH/c1-14-10(13)8-3-2-7(4-5-12)9(11)6-8;1-6-3-4-7(5-8(6)10)9(11)12-2;/h2-3,6H,4-5,12H2,1H3;3-5H,1-2H3;1H. The summed E-state index contributed by atoms with van der Waals surface area (Å²) in [6, 6.07) is 10.1. The van der Waals surface area contributed by atoms with Gasteiger partial charge < -0.3 is 15.2 Å². The smallest absolute Gasteiger partial charge is 0.337 e. The molecule has 0 aromatic heterocycles. The van der Waals surface area contributed by atoms with Crippen molar-refractivity contribution >= 4 is 47.5 Å². The molecule has 8 heteroatoms. The number of aryl methyl sites for hydroxylation is 1. The summed E-state index contributed by atoms with van der Waals surface area (Å²) in [4.78, 5) is 22.1. The second kappa shape index (κ2) is 12.6. The molecule has 0 unspecified atom stereocenters. The predicted molar refractivity (Wildman–Crippen MR) is 110 cm³/mol. The lowest BCUT2D eigenvalue weighted by molar-refractivity contribution is 0.0592. The zero-order chi connectivity index (χ0) is 19.7. The summed E-state index contributed by atoms with van der Waals surface area (Å²) in [7, 11) is 2.68. The quantitative estimate of drug-likeness (QED) is 0.718. The second-order valence-corrected chi connectivity index (χ2v) is 6.11. The lowest BCUT2D eigenvalue weighted by Gasteiger charge is -2.04. The summed E-state index contributed by atoms with van der Waals surface area (Å²) < 4.78 is 9.10. The number of halogens is 3. The van der Waals surface area contributed by atoms with Crippen molar-refractivity contribution in [2.24, 2.45) is 5.73 Å². The number of carbonyl (C=O) groups excluding carboxylic acids is 2. The van der Waals surface area contributed by atoms with Crippen LogP contribution in [0.4, 0.5) is 0 Å². The summed E-state index contributed by atoms with van der Waals surface area (Å²) in [6.07, 6.45) is 0.709. The molecule has 0 aliphatic carbocycles. The van der Waals surface area contributed by atoms with E-state index in [2.05, 4.69) is 9.47 Å². The molecule has 0 atom stereocenters. The van der Waals surface area contributed by atoms with E-state index in [1.807, 2.05) is 6.92 Å². The minimum atomic E-state index is -0.383. The first-order valence-corrected chi connectivity index (χ1v) is 8.50. The first kappa shape index (κ1) is 25.2. The van der Waals surface area contributed by atoms with Crippen LogP contribution < -0.4 is 5.73 Å². The number of nitrogens with two attached hydrogens (primary N) is 1. The molecule has 2 aromatic rings. The monoisotopic (exact) mass is 433 g/mol. The van der Waals surface area contributed by atoms with Gasteiger partial charge >= 0.3 is 11.9 Å². The van der Waals surface area contributed by atoms with Crippen molar-refractivity contribution in [1.29, 1.82) is 0 Å². The number of carbonyl (C=O) groups is 2. The topological polar surface area (TPSA) is 78.6 Å². The molecule has 2 N–H and O–H groups in total. The predicted octanol–water partition coefficient (Wildman–Crippen LogP) is 4.48. The summed E-state index contributed by atoms with van der Waals surface area (Å²) >= 11 is 11.8. The number of hydrogen-bond acceptors (Lipinski definition) is 5. The fraction of sp³-hybridized carbons (Fsp3) is 0.263. The van der Waals surface area contributed by atoms with Crippen LogP contribution in [0.5, 0.6) is 0 Å². The van der Waals surface area contributed by atoms with E-state index >= 15 is 0 Å². The first-order chi connectivity index (χ1) is 12.3. The first-order valence-electron chi connectivity index (χ1n) is 7.75. The Bertz CT molecular complexity index is 782. The third-order valence-corrected chi connectivity index (χ3v) is 4.24. The summed E-state index contributed by atoms with van der Waals surface area (Å²) in [5.41, 5.74) is 8.23. The summed E-state index contributed by atoms with van der Waals surface area (Å²) in [6.45, 7) is 2.42. The van der Waals surface area contributed by atoms with Crippen molar-refractivity contribution in [3.8, 4) is 0 Å². The average molecular weight is 435 g/mol. The van der Waals surface area contributed by atoms with Gasteiger partial charge in [-0.05, 0) is 55.3 Å². The lowest BCUT2D eigenvalue weighted by atomic mass is 10.1. The highest BCUT2D eigenvalue weighted by Crippen LogP contribution is 2.19. The van der Waals surface area contributed by atoms with Crippen molar-refractivity contribution in [2.75, 3.05) is 20.8 Å². The Morgan fingerprint density at radius 3 is 1.81 bits per heavy atom. The highest BCUT2D eigenvalue weighted by Gasteiger charge is 2.08. The maximum absolute atomic E-state index is 11.1. The van der Waals surface area contributed by atoms with E-state index in [-0.39, 0.29) is 24.3 Å². The highest BCUT2D eigenvalue weighted by molar-refractivity contribution is 6.32. The fourth-order valence-electron chi connectivity index (χ4n) is 1.99. The third kappa shape index (κ3) is 7.77. The number of benzene rings is 2. The van der Waals surface area contributed by atoms with Gasteiger partial charge in [-0.1, -0.05) is 35.3 Å². The number of esters is 2. The maximum atomic E-state index is 11.1. The lowest BCUT2D eigenvalue weighted by Crippen LogP contribution is -2.05. The zero-order valence-corrected chi connectivity index (χ0v) is 17.6. The molecule has 0 bridgehead atoms. The van der Waals surface area contributed by atoms with Gasteiger partial charge in [-0.3, -0.25) is 0 Å². The van der Waals surface area contributed by atoms with Crippen molar-refractivity contribution in [3.05, 3.63) is 68.7 Å². The van der Waals surface area contributed by atoms with Crippen LogP contribution in [0, 0.1) is 6.92 Å². The molecule has 0 spiro atoms. The highest BCUT2D eigenvalue weighted by atomic mass is 35.5. The second-order valence-electron chi connectivity index (χ2n) is 5.29. The third-order valence-electron chi connectivity index (χ3n) is 3.48. The molecule has 0 heterocycles. The van der Waals surface area contributed by atoms with Gasteiger partial charge in [0.15, 0.2) is 0 Å². The molecule has 5 nitrogen and oxygen atoms in total. The molecular formula is C19H22Cl3NO4. The van der Waals surface area contributed by atoms with Crippen molar-refractivity contribution in [2.45, 2.75) is 13.3 Å². The molecule has 0 fully saturated rings. The van der Waals surface area contributed by atoms with E-state index < -0.39 is 0 Å². The molecule has 0 amide bonds. The molecule has 27 heavy (non-hydrogen) atoms. The molecular weight excluding hydrogens is 413 g/mol. The van der Waals surface area contributed by atoms with E-state index in [1.165, 1.54) is 14.2 Å². The Morgan fingerprint density at radius 2 is 1.41 bits per heavy atom. The Labute approximate surface area is 175 Å². The molecule has 0 radical (unpaired) electrons. The fourth-order valence-corrected chi connectivity index (χ4v) is 2.44. The van der Waals surface area contributed by atoms with Crippen LogP contribution in [0.25, 0.3) is 0 Å². The molecule has 2 rings (SSSR count). The normalized spacial score (nSPS) is 9.41. The van der Waals surface area contributed by atoms with Gasteiger partial charge in [0.05, 0.1) is 25.3 Å². The Balaban J connectivity index is 0.000000488. The average Bonchev–Trinajstić information content (AvgIpc) is 2.65. The van der Waals surface area contributed by atoms with Crippen LogP contribution >= 0.6 is 35.6 Å². The molecule has 0 saturated heterocycles. The van der Waals surface area contributed by atoms with E-state index in [0.29, 0.717) is 34.1 Å². The van der Waals surface area contributed by atoms with Crippen molar-refractivity contribution in [1.82, 2.24) is 0 Å². The molecule has 2 aromatic carbocycles. The van der Waals surface area contributed by atoms with E-state index in [1.54, 1.807) is 36.4 Å². The Hall–Kier alpha value is -1.79. The number of rotatable bonds is 4. The largest absolute Gasteiger partial charge is 0.465 e. The van der Waals surface area contributed by atoms with Crippen LogP contribution in [-0.2, 0) is 15.9 Å². The number of ether oxygens (including phenoxy) is 2. The van der Waals surface area contributed by atoms with Gasteiger partial charge in [-0.25, -0.2) is 9.59 Å². The maximum Gasteiger partial charge on any atom is 0.337 e. The molecule has 0 aliphatic heterocycles. The van der Waals surface area contributed by atoms with Crippen LogP contribution in [0.2, 0.25) is 10.0 Å². The van der Waals surface area contributed by atoms with Gasteiger partial charge in [-0.15, -0.1) is 12.4 Å². The molecule has 0 saturated carbocycles. The molecule has 0 aliphatic rings. The van der Waals surface area contributed by atoms with Crippen molar-refractivity contribution in [3.63, 3.8) is 0 Å². The van der Waals surface area contributed by atoms with E-state index in [0.717, 1.165) is 11.1 Å². The zero-order valence-electron chi connectivity index (χ0n) is 15.3. The van der Waals surface area contributed by atoms with Crippen LogP contribution in [-0.4, -0.2) is 32.7 Å². The number of methoxy groups -OCH3 is 2. The number of hydrogen-bond donors (Lipinski definition) is 1. The Morgan fingerprint density at radius 1 is 0.926 bits per heavy atom. The Kier molecular flexibility index (Phi) is 11.7. The summed E-state index contributed by atoms with van der Waals surface area (Å²) in [5.74, 6) is -0.747. The van der Waals surface area contributed by atoms with E-state index in [4.69, 9.17) is 28.9 Å².